The van der Waals surface area contributed by atoms with Crippen LogP contribution in [-0.4, -0.2) is 10.2 Å². The third-order valence-electron chi connectivity index (χ3n) is 1.79. The number of thioether (sulfide) groups is 1. The largest absolute Gasteiger partial charge is 0.307 e. The van der Waals surface area contributed by atoms with E-state index in [2.05, 4.69) is 21.2 Å². The molecule has 0 bridgehead atoms. The molecular formula is C10H6BrNOS2. The van der Waals surface area contributed by atoms with E-state index in [-0.39, 0.29) is 5.91 Å². The summed E-state index contributed by atoms with van der Waals surface area (Å²) in [7, 11) is 0. The first-order valence-corrected chi connectivity index (χ1v) is 6.17. The van der Waals surface area contributed by atoms with Crippen molar-refractivity contribution in [2.24, 2.45) is 0 Å². The van der Waals surface area contributed by atoms with Crippen LogP contribution in [0.5, 0.6) is 0 Å². The summed E-state index contributed by atoms with van der Waals surface area (Å²) in [6, 6.07) is 7.75. The van der Waals surface area contributed by atoms with Crippen LogP contribution in [-0.2, 0) is 4.79 Å². The molecular weight excluding hydrogens is 294 g/mol. The minimum absolute atomic E-state index is 0.120. The van der Waals surface area contributed by atoms with Gasteiger partial charge in [-0.3, -0.25) is 4.79 Å². The van der Waals surface area contributed by atoms with Crippen LogP contribution in [0.25, 0.3) is 6.08 Å². The number of thiocarbonyl (C=S) groups is 1. The van der Waals surface area contributed by atoms with Crippen LogP contribution in [0.1, 0.15) is 5.56 Å². The van der Waals surface area contributed by atoms with Crippen LogP contribution >= 0.6 is 39.9 Å². The van der Waals surface area contributed by atoms with Crippen molar-refractivity contribution < 1.29 is 4.79 Å². The zero-order valence-electron chi connectivity index (χ0n) is 7.49. The average Bonchev–Trinajstić information content (AvgIpc) is 2.45. The molecule has 1 saturated heterocycles. The molecule has 76 valence electrons. The molecule has 15 heavy (non-hydrogen) atoms. The Bertz CT molecular complexity index is 470. The second kappa shape index (κ2) is 4.47. The Kier molecular flexibility index (Phi) is 3.23. The van der Waals surface area contributed by atoms with Gasteiger partial charge in [-0.15, -0.1) is 0 Å². The van der Waals surface area contributed by atoms with Gasteiger partial charge in [0.15, 0.2) is 0 Å². The number of halogens is 1. The lowest BCUT2D eigenvalue weighted by molar-refractivity contribution is -0.115. The minimum Gasteiger partial charge on any atom is -0.307 e. The summed E-state index contributed by atoms with van der Waals surface area (Å²) in [5.74, 6) is -0.120. The molecule has 0 aliphatic carbocycles. The van der Waals surface area contributed by atoms with Crippen molar-refractivity contribution in [1.29, 1.82) is 0 Å². The van der Waals surface area contributed by atoms with Gasteiger partial charge in [0, 0.05) is 4.47 Å². The minimum atomic E-state index is -0.120. The Balaban J connectivity index is 2.31. The predicted octanol–water partition coefficient (Wildman–Crippen LogP) is 2.94. The SMILES string of the molecule is O=C1NC(=S)S/C1=C\c1cccc(Br)c1. The fourth-order valence-electron chi connectivity index (χ4n) is 1.17. The van der Waals surface area contributed by atoms with Crippen LogP contribution in [0.15, 0.2) is 33.6 Å². The monoisotopic (exact) mass is 299 g/mol. The molecule has 1 fully saturated rings. The highest BCUT2D eigenvalue weighted by molar-refractivity contribution is 9.10. The molecule has 1 aliphatic rings. The van der Waals surface area contributed by atoms with Crippen molar-refractivity contribution in [3.8, 4) is 0 Å². The fourth-order valence-corrected chi connectivity index (χ4v) is 2.63. The molecule has 0 aromatic heterocycles. The lowest BCUT2D eigenvalue weighted by atomic mass is 10.2. The van der Waals surface area contributed by atoms with Gasteiger partial charge in [0.2, 0.25) is 0 Å². The van der Waals surface area contributed by atoms with Crippen LogP contribution < -0.4 is 5.32 Å². The number of hydrogen-bond acceptors (Lipinski definition) is 3. The lowest BCUT2D eigenvalue weighted by Crippen LogP contribution is -2.17. The topological polar surface area (TPSA) is 29.1 Å². The zero-order valence-corrected chi connectivity index (χ0v) is 10.7. The summed E-state index contributed by atoms with van der Waals surface area (Å²) in [5, 5.41) is 2.58. The molecule has 2 rings (SSSR count). The first kappa shape index (κ1) is 10.9. The molecule has 1 heterocycles. The molecule has 0 saturated carbocycles. The van der Waals surface area contributed by atoms with E-state index in [0.29, 0.717) is 9.23 Å². The highest BCUT2D eigenvalue weighted by Gasteiger charge is 2.21. The number of benzene rings is 1. The highest BCUT2D eigenvalue weighted by Crippen LogP contribution is 2.26. The Morgan fingerprint density at radius 3 is 2.87 bits per heavy atom. The number of carbonyl (C=O) groups is 1. The average molecular weight is 300 g/mol. The molecule has 0 spiro atoms. The summed E-state index contributed by atoms with van der Waals surface area (Å²) in [5.41, 5.74) is 0.978. The normalized spacial score (nSPS) is 18.3. The molecule has 1 aromatic carbocycles. The number of nitrogens with one attached hydrogen (secondary N) is 1. The Morgan fingerprint density at radius 2 is 2.27 bits per heavy atom. The van der Waals surface area contributed by atoms with Gasteiger partial charge in [-0.05, 0) is 23.8 Å². The third kappa shape index (κ3) is 2.68. The fraction of sp³-hybridized carbons (Fsp3) is 0. The summed E-state index contributed by atoms with van der Waals surface area (Å²) >= 11 is 9.56. The number of hydrogen-bond donors (Lipinski definition) is 1. The smallest absolute Gasteiger partial charge is 0.263 e. The van der Waals surface area contributed by atoms with Crippen LogP contribution in [0, 0.1) is 0 Å². The summed E-state index contributed by atoms with van der Waals surface area (Å²) in [6.45, 7) is 0. The maximum absolute atomic E-state index is 11.4. The molecule has 0 unspecified atom stereocenters. The highest BCUT2D eigenvalue weighted by atomic mass is 79.9. The van der Waals surface area contributed by atoms with Gasteiger partial charge in [0.25, 0.3) is 5.91 Å². The Labute approximate surface area is 105 Å². The summed E-state index contributed by atoms with van der Waals surface area (Å²) < 4.78 is 1.50. The van der Waals surface area contributed by atoms with Crippen molar-refractivity contribution in [1.82, 2.24) is 5.32 Å². The van der Waals surface area contributed by atoms with Crippen molar-refractivity contribution in [2.75, 3.05) is 0 Å². The third-order valence-corrected chi connectivity index (χ3v) is 3.44. The first-order chi connectivity index (χ1) is 7.15. The quantitative estimate of drug-likeness (QED) is 0.638. The van der Waals surface area contributed by atoms with Crippen LogP contribution in [0.3, 0.4) is 0 Å². The molecule has 1 N–H and O–H groups in total. The van der Waals surface area contributed by atoms with Gasteiger partial charge < -0.3 is 5.32 Å². The zero-order chi connectivity index (χ0) is 10.8. The van der Waals surface area contributed by atoms with Gasteiger partial charge in [0.1, 0.15) is 4.32 Å². The molecule has 5 heteroatoms. The van der Waals surface area contributed by atoms with Crippen molar-refractivity contribution in [2.45, 2.75) is 0 Å². The summed E-state index contributed by atoms with van der Waals surface area (Å²) in [4.78, 5) is 12.0. The molecule has 1 amide bonds. The second-order valence-corrected chi connectivity index (χ2v) is 5.54. The second-order valence-electron chi connectivity index (χ2n) is 2.91. The lowest BCUT2D eigenvalue weighted by Gasteiger charge is -1.95. The Morgan fingerprint density at radius 1 is 1.47 bits per heavy atom. The van der Waals surface area contributed by atoms with E-state index in [4.69, 9.17) is 12.2 Å². The van der Waals surface area contributed by atoms with Gasteiger partial charge in [-0.25, -0.2) is 0 Å². The van der Waals surface area contributed by atoms with E-state index in [1.54, 1.807) is 0 Å². The molecule has 2 nitrogen and oxygen atoms in total. The van der Waals surface area contributed by atoms with Crippen molar-refractivity contribution >= 4 is 56.2 Å². The standard InChI is InChI=1S/C10H6BrNOS2/c11-7-3-1-2-6(4-7)5-8-9(13)12-10(14)15-8/h1-5H,(H,12,13,14)/b8-5-. The maximum Gasteiger partial charge on any atom is 0.263 e. The summed E-state index contributed by atoms with van der Waals surface area (Å²) in [6.07, 6.45) is 1.82. The van der Waals surface area contributed by atoms with Crippen LogP contribution in [0.2, 0.25) is 0 Å². The van der Waals surface area contributed by atoms with Gasteiger partial charge in [-0.2, -0.15) is 0 Å². The van der Waals surface area contributed by atoms with E-state index in [9.17, 15) is 4.79 Å². The van der Waals surface area contributed by atoms with Crippen molar-refractivity contribution in [3.63, 3.8) is 0 Å². The number of rotatable bonds is 1. The number of carbonyl (C=O) groups excluding carboxylic acids is 1. The molecule has 0 radical (unpaired) electrons. The molecule has 1 aliphatic heterocycles. The van der Waals surface area contributed by atoms with E-state index in [1.165, 1.54) is 11.8 Å². The van der Waals surface area contributed by atoms with Crippen LogP contribution in [0.4, 0.5) is 0 Å². The van der Waals surface area contributed by atoms with Crippen molar-refractivity contribution in [3.05, 3.63) is 39.2 Å². The molecule has 0 atom stereocenters. The van der Waals surface area contributed by atoms with Gasteiger partial charge >= 0.3 is 0 Å². The van der Waals surface area contributed by atoms with Gasteiger partial charge in [0.05, 0.1) is 4.91 Å². The van der Waals surface area contributed by atoms with E-state index in [1.807, 2.05) is 30.3 Å². The number of amides is 1. The first-order valence-electron chi connectivity index (χ1n) is 4.15. The van der Waals surface area contributed by atoms with E-state index >= 15 is 0 Å². The van der Waals surface area contributed by atoms with Gasteiger partial charge in [-0.1, -0.05) is 52.0 Å². The maximum atomic E-state index is 11.4. The van der Waals surface area contributed by atoms with E-state index in [0.717, 1.165) is 10.0 Å². The Hall–Kier alpha value is -0.650. The molecule has 1 aromatic rings. The predicted molar refractivity (Wildman–Crippen MR) is 70.5 cm³/mol. The van der Waals surface area contributed by atoms with E-state index < -0.39 is 0 Å².